The Kier molecular flexibility index (Phi) is 5.07. The van der Waals surface area contributed by atoms with Crippen LogP contribution in [-0.4, -0.2) is 20.8 Å². The molecule has 2 aliphatic rings. The summed E-state index contributed by atoms with van der Waals surface area (Å²) in [7, 11) is 3.43. The quantitative estimate of drug-likeness (QED) is 0.670. The SMILES string of the molecule is COc1ccc(CN2CC3C(c4ccccc4)NNC3c3cc(OC)ccc32)cc1. The fourth-order valence-electron chi connectivity index (χ4n) is 4.75. The molecule has 2 heterocycles. The number of rotatable bonds is 5. The smallest absolute Gasteiger partial charge is 0.119 e. The molecule has 30 heavy (non-hydrogen) atoms. The monoisotopic (exact) mass is 401 g/mol. The van der Waals surface area contributed by atoms with Gasteiger partial charge in [-0.3, -0.25) is 0 Å². The van der Waals surface area contributed by atoms with Crippen LogP contribution < -0.4 is 25.2 Å². The van der Waals surface area contributed by atoms with Gasteiger partial charge in [0.1, 0.15) is 11.5 Å². The maximum absolute atomic E-state index is 5.54. The van der Waals surface area contributed by atoms with E-state index in [9.17, 15) is 0 Å². The van der Waals surface area contributed by atoms with Crippen LogP contribution >= 0.6 is 0 Å². The second-order valence-electron chi connectivity index (χ2n) is 7.97. The van der Waals surface area contributed by atoms with Gasteiger partial charge >= 0.3 is 0 Å². The summed E-state index contributed by atoms with van der Waals surface area (Å²) in [6.45, 7) is 1.82. The van der Waals surface area contributed by atoms with Crippen molar-refractivity contribution in [2.24, 2.45) is 5.92 Å². The molecule has 3 aromatic carbocycles. The lowest BCUT2D eigenvalue weighted by Crippen LogP contribution is -2.39. The van der Waals surface area contributed by atoms with Gasteiger partial charge in [0.05, 0.1) is 26.3 Å². The fourth-order valence-corrected chi connectivity index (χ4v) is 4.75. The van der Waals surface area contributed by atoms with Crippen LogP contribution in [0.3, 0.4) is 0 Å². The van der Waals surface area contributed by atoms with Crippen LogP contribution in [0.15, 0.2) is 72.8 Å². The molecule has 0 spiro atoms. The van der Waals surface area contributed by atoms with Gasteiger partial charge < -0.3 is 14.4 Å². The minimum absolute atomic E-state index is 0.243. The van der Waals surface area contributed by atoms with Gasteiger partial charge in [0, 0.05) is 24.7 Å². The van der Waals surface area contributed by atoms with Gasteiger partial charge in [-0.1, -0.05) is 42.5 Å². The predicted molar refractivity (Wildman–Crippen MR) is 119 cm³/mol. The summed E-state index contributed by atoms with van der Waals surface area (Å²) in [5.74, 6) is 2.19. The van der Waals surface area contributed by atoms with Gasteiger partial charge in [-0.05, 0) is 47.0 Å². The molecule has 3 aromatic rings. The fraction of sp³-hybridized carbons (Fsp3) is 0.280. The van der Waals surface area contributed by atoms with Crippen LogP contribution in [0.2, 0.25) is 0 Å². The number of hydrogen-bond donors (Lipinski definition) is 2. The standard InChI is InChI=1S/C25H27N3O2/c1-29-19-10-8-17(9-11-19)15-28-16-22-24(18-6-4-3-5-7-18)26-27-25(22)21-14-20(30-2)12-13-23(21)28/h3-14,22,24-27H,15-16H2,1-2H3. The second kappa shape index (κ2) is 8.01. The van der Waals surface area contributed by atoms with Gasteiger partial charge in [0.15, 0.2) is 0 Å². The molecular weight excluding hydrogens is 374 g/mol. The summed E-state index contributed by atoms with van der Waals surface area (Å²) in [5.41, 5.74) is 12.2. The Morgan fingerprint density at radius 2 is 1.53 bits per heavy atom. The Morgan fingerprint density at radius 1 is 0.833 bits per heavy atom. The highest BCUT2D eigenvalue weighted by Gasteiger charge is 2.43. The third-order valence-corrected chi connectivity index (χ3v) is 6.28. The van der Waals surface area contributed by atoms with E-state index in [-0.39, 0.29) is 12.1 Å². The molecule has 0 amide bonds. The number of anilines is 1. The number of methoxy groups -OCH3 is 2. The molecule has 5 rings (SSSR count). The molecular formula is C25H27N3O2. The summed E-state index contributed by atoms with van der Waals surface area (Å²) in [6.07, 6.45) is 0. The lowest BCUT2D eigenvalue weighted by atomic mass is 9.82. The Bertz CT molecular complexity index is 1010. The number of hydrogen-bond acceptors (Lipinski definition) is 5. The van der Waals surface area contributed by atoms with Gasteiger partial charge in [0.2, 0.25) is 0 Å². The first-order valence-corrected chi connectivity index (χ1v) is 10.4. The number of nitrogens with zero attached hydrogens (tertiary/aromatic N) is 1. The maximum atomic E-state index is 5.54. The number of hydrazine groups is 1. The number of benzene rings is 3. The lowest BCUT2D eigenvalue weighted by molar-refractivity contribution is 0.393. The van der Waals surface area contributed by atoms with E-state index in [0.717, 1.165) is 24.6 Å². The van der Waals surface area contributed by atoms with Crippen LogP contribution in [0, 0.1) is 5.92 Å². The van der Waals surface area contributed by atoms with Gasteiger partial charge in [-0.15, -0.1) is 0 Å². The van der Waals surface area contributed by atoms with Crippen molar-refractivity contribution in [3.8, 4) is 11.5 Å². The summed E-state index contributed by atoms with van der Waals surface area (Å²) >= 11 is 0. The highest BCUT2D eigenvalue weighted by atomic mass is 16.5. The van der Waals surface area contributed by atoms with E-state index in [1.807, 2.05) is 12.1 Å². The summed E-state index contributed by atoms with van der Waals surface area (Å²) in [6, 6.07) is 26.0. The van der Waals surface area contributed by atoms with Crippen molar-refractivity contribution in [1.29, 1.82) is 0 Å². The van der Waals surface area contributed by atoms with Crippen molar-refractivity contribution in [2.45, 2.75) is 18.6 Å². The normalized spacial score (nSPS) is 22.3. The van der Waals surface area contributed by atoms with E-state index in [0.29, 0.717) is 5.92 Å². The molecule has 1 fully saturated rings. The molecule has 0 bridgehead atoms. The Morgan fingerprint density at radius 3 is 2.27 bits per heavy atom. The van der Waals surface area contributed by atoms with Gasteiger partial charge in [0.25, 0.3) is 0 Å². The zero-order valence-electron chi connectivity index (χ0n) is 17.3. The first-order valence-electron chi connectivity index (χ1n) is 10.4. The van der Waals surface area contributed by atoms with Crippen molar-refractivity contribution in [1.82, 2.24) is 10.9 Å². The number of fused-ring (bicyclic) bond motifs is 3. The first kappa shape index (κ1) is 19.0. The molecule has 0 aromatic heterocycles. The van der Waals surface area contributed by atoms with E-state index >= 15 is 0 Å². The molecule has 3 unspecified atom stereocenters. The van der Waals surface area contributed by atoms with Gasteiger partial charge in [-0.25, -0.2) is 10.9 Å². The Hall–Kier alpha value is -3.02. The summed E-state index contributed by atoms with van der Waals surface area (Å²) in [4.78, 5) is 2.49. The molecule has 154 valence electrons. The molecule has 5 heteroatoms. The zero-order chi connectivity index (χ0) is 20.5. The minimum Gasteiger partial charge on any atom is -0.497 e. The Balaban J connectivity index is 1.50. The summed E-state index contributed by atoms with van der Waals surface area (Å²) < 4.78 is 10.9. The third-order valence-electron chi connectivity index (χ3n) is 6.28. The van der Waals surface area contributed by atoms with E-state index in [1.165, 1.54) is 22.4 Å². The topological polar surface area (TPSA) is 45.8 Å². The molecule has 0 saturated carbocycles. The number of ether oxygens (including phenoxy) is 2. The van der Waals surface area contributed by atoms with Crippen molar-refractivity contribution < 1.29 is 9.47 Å². The summed E-state index contributed by atoms with van der Waals surface area (Å²) in [5, 5.41) is 0. The van der Waals surface area contributed by atoms with Crippen LogP contribution in [0.5, 0.6) is 11.5 Å². The van der Waals surface area contributed by atoms with Crippen LogP contribution in [0.1, 0.15) is 28.8 Å². The molecule has 0 radical (unpaired) electrons. The lowest BCUT2D eigenvalue weighted by Gasteiger charge is -2.39. The van der Waals surface area contributed by atoms with Crippen molar-refractivity contribution in [3.05, 3.63) is 89.5 Å². The number of nitrogens with one attached hydrogen (secondary N) is 2. The van der Waals surface area contributed by atoms with E-state index in [2.05, 4.69) is 76.4 Å². The first-order chi connectivity index (χ1) is 14.8. The van der Waals surface area contributed by atoms with E-state index < -0.39 is 0 Å². The molecule has 2 N–H and O–H groups in total. The minimum atomic E-state index is 0.243. The van der Waals surface area contributed by atoms with Crippen molar-refractivity contribution >= 4 is 5.69 Å². The van der Waals surface area contributed by atoms with Crippen molar-refractivity contribution in [2.75, 3.05) is 25.7 Å². The Labute approximate surface area is 177 Å². The van der Waals surface area contributed by atoms with E-state index in [4.69, 9.17) is 9.47 Å². The molecule has 1 saturated heterocycles. The highest BCUT2D eigenvalue weighted by Crippen LogP contribution is 2.46. The molecule has 0 aliphatic carbocycles. The highest BCUT2D eigenvalue weighted by molar-refractivity contribution is 5.61. The van der Waals surface area contributed by atoms with Crippen LogP contribution in [-0.2, 0) is 6.54 Å². The molecule has 3 atom stereocenters. The van der Waals surface area contributed by atoms with E-state index in [1.54, 1.807) is 14.2 Å². The third kappa shape index (κ3) is 3.40. The predicted octanol–water partition coefficient (Wildman–Crippen LogP) is 4.23. The van der Waals surface area contributed by atoms with Crippen molar-refractivity contribution in [3.63, 3.8) is 0 Å². The average Bonchev–Trinajstić information content (AvgIpc) is 3.24. The molecule has 5 nitrogen and oxygen atoms in total. The second-order valence-corrected chi connectivity index (χ2v) is 7.97. The maximum Gasteiger partial charge on any atom is 0.119 e. The van der Waals surface area contributed by atoms with Crippen LogP contribution in [0.4, 0.5) is 5.69 Å². The zero-order valence-corrected chi connectivity index (χ0v) is 17.3. The average molecular weight is 402 g/mol. The van der Waals surface area contributed by atoms with Gasteiger partial charge in [-0.2, -0.15) is 0 Å². The molecule has 2 aliphatic heterocycles. The van der Waals surface area contributed by atoms with Crippen LogP contribution in [0.25, 0.3) is 0 Å². The largest absolute Gasteiger partial charge is 0.497 e.